The fourth-order valence-electron chi connectivity index (χ4n) is 4.06. The van der Waals surface area contributed by atoms with E-state index in [2.05, 4.69) is 15.3 Å². The Morgan fingerprint density at radius 2 is 1.84 bits per heavy atom. The average Bonchev–Trinajstić information content (AvgIpc) is 2.73. The number of nitrogens with zero attached hydrogens (tertiary/aromatic N) is 2. The number of phenolic OH excluding ortho intramolecular Hbond substituents is 1. The Bertz CT molecular complexity index is 1260. The molecule has 1 aliphatic carbocycles. The van der Waals surface area contributed by atoms with E-state index in [1.54, 1.807) is 0 Å². The highest BCUT2D eigenvalue weighted by Gasteiger charge is 2.62. The minimum absolute atomic E-state index is 0.0350. The quantitative estimate of drug-likeness (QED) is 0.469. The number of rotatable bonds is 2. The zero-order chi connectivity index (χ0) is 23.4. The number of aryl methyl sites for hydroxylation is 1. The highest BCUT2D eigenvalue weighted by molar-refractivity contribution is 5.91. The molecule has 168 valence electrons. The maximum absolute atomic E-state index is 14.3. The van der Waals surface area contributed by atoms with Gasteiger partial charge < -0.3 is 15.5 Å². The number of halogens is 5. The Hall–Kier alpha value is -3.27. The van der Waals surface area contributed by atoms with E-state index in [1.807, 2.05) is 0 Å². The Balaban J connectivity index is 1.96. The van der Waals surface area contributed by atoms with E-state index in [-0.39, 0.29) is 39.1 Å². The van der Waals surface area contributed by atoms with Crippen molar-refractivity contribution in [2.75, 3.05) is 5.32 Å². The Morgan fingerprint density at radius 1 is 1.16 bits per heavy atom. The summed E-state index contributed by atoms with van der Waals surface area (Å²) in [7, 11) is 0. The first-order valence-electron chi connectivity index (χ1n) is 9.62. The molecule has 1 aromatic heterocycles. The zero-order valence-corrected chi connectivity index (χ0v) is 16.9. The van der Waals surface area contributed by atoms with Crippen LogP contribution >= 0.6 is 0 Å². The number of aliphatic hydroxyl groups is 1. The summed E-state index contributed by atoms with van der Waals surface area (Å²) in [6, 6.07) is 2.30. The van der Waals surface area contributed by atoms with Gasteiger partial charge in [0.15, 0.2) is 17.2 Å². The van der Waals surface area contributed by atoms with E-state index in [1.165, 1.54) is 32.2 Å². The molecule has 0 unspecified atom stereocenters. The zero-order valence-electron chi connectivity index (χ0n) is 16.9. The molecule has 10 heteroatoms. The maximum Gasteiger partial charge on any atom is 0.419 e. The standard InChI is InChI=1S/C22H18F5N3O2/c1-3-11-8-21(32,22(25,26)27)20(12-4-5-15(24)19(31)17(11)12)30-16-7-6-14(23)18-13(16)9-28-10(2)29-18/h3-7,9,20,30-32H,8H2,1-2H3/b11-3-/t20-,21+/m0/s1. The van der Waals surface area contributed by atoms with Crippen molar-refractivity contribution in [1.29, 1.82) is 0 Å². The van der Waals surface area contributed by atoms with Crippen LogP contribution in [0.5, 0.6) is 5.75 Å². The molecule has 0 bridgehead atoms. The third-order valence-electron chi connectivity index (χ3n) is 5.69. The summed E-state index contributed by atoms with van der Waals surface area (Å²) in [5, 5.41) is 23.9. The number of hydrogen-bond donors (Lipinski definition) is 3. The minimum atomic E-state index is -5.09. The molecule has 5 nitrogen and oxygen atoms in total. The average molecular weight is 451 g/mol. The van der Waals surface area contributed by atoms with Gasteiger partial charge in [0.05, 0.1) is 6.04 Å². The third kappa shape index (κ3) is 3.26. The van der Waals surface area contributed by atoms with E-state index < -0.39 is 41.6 Å². The normalized spacial score (nSPS) is 22.2. The number of benzene rings is 2. The Morgan fingerprint density at radius 3 is 2.50 bits per heavy atom. The van der Waals surface area contributed by atoms with Gasteiger partial charge in [0.1, 0.15) is 17.2 Å². The largest absolute Gasteiger partial charge is 0.504 e. The van der Waals surface area contributed by atoms with Gasteiger partial charge in [-0.05, 0) is 43.2 Å². The number of fused-ring (bicyclic) bond motifs is 2. The smallest absolute Gasteiger partial charge is 0.419 e. The predicted octanol–water partition coefficient (Wildman–Crippen LogP) is 5.18. The first-order valence-corrected chi connectivity index (χ1v) is 9.62. The number of alkyl halides is 3. The highest BCUT2D eigenvalue weighted by Crippen LogP contribution is 2.54. The van der Waals surface area contributed by atoms with Crippen molar-refractivity contribution in [3.63, 3.8) is 0 Å². The lowest BCUT2D eigenvalue weighted by Crippen LogP contribution is -2.54. The molecule has 1 aliphatic rings. The van der Waals surface area contributed by atoms with Crippen LogP contribution in [0.15, 0.2) is 36.5 Å². The molecule has 2 atom stereocenters. The van der Waals surface area contributed by atoms with Crippen molar-refractivity contribution in [2.45, 2.75) is 38.1 Å². The van der Waals surface area contributed by atoms with Gasteiger partial charge in [-0.2, -0.15) is 13.2 Å². The lowest BCUT2D eigenvalue weighted by Gasteiger charge is -2.44. The fraction of sp³-hybridized carbons (Fsp3) is 0.273. The molecule has 3 aromatic rings. The molecule has 0 saturated carbocycles. The van der Waals surface area contributed by atoms with Gasteiger partial charge in [-0.1, -0.05) is 12.1 Å². The first-order chi connectivity index (χ1) is 15.0. The van der Waals surface area contributed by atoms with E-state index in [0.717, 1.165) is 18.2 Å². The summed E-state index contributed by atoms with van der Waals surface area (Å²) in [5.41, 5.74) is -3.72. The number of hydrogen-bond acceptors (Lipinski definition) is 5. The summed E-state index contributed by atoms with van der Waals surface area (Å²) in [5.74, 6) is -2.24. The van der Waals surface area contributed by atoms with Gasteiger partial charge in [0, 0.05) is 29.3 Å². The molecule has 4 rings (SSSR count). The number of phenols is 1. The summed E-state index contributed by atoms with van der Waals surface area (Å²) in [4.78, 5) is 7.98. The van der Waals surface area contributed by atoms with E-state index in [0.29, 0.717) is 0 Å². The second-order valence-electron chi connectivity index (χ2n) is 7.62. The van der Waals surface area contributed by atoms with Crippen molar-refractivity contribution in [3.05, 3.63) is 65.1 Å². The van der Waals surface area contributed by atoms with E-state index >= 15 is 0 Å². The summed E-state index contributed by atoms with van der Waals surface area (Å²) in [6.45, 7) is 2.97. The molecule has 0 fully saturated rings. The van der Waals surface area contributed by atoms with Gasteiger partial charge in [-0.3, -0.25) is 0 Å². The van der Waals surface area contributed by atoms with Crippen LogP contribution in [-0.2, 0) is 0 Å². The van der Waals surface area contributed by atoms with Crippen molar-refractivity contribution in [3.8, 4) is 5.75 Å². The maximum atomic E-state index is 14.3. The number of aromatic hydroxyl groups is 1. The fourth-order valence-corrected chi connectivity index (χ4v) is 4.06. The molecule has 0 saturated heterocycles. The molecule has 0 aliphatic heterocycles. The monoisotopic (exact) mass is 451 g/mol. The molecule has 2 aromatic carbocycles. The summed E-state index contributed by atoms with van der Waals surface area (Å²) >= 11 is 0. The van der Waals surface area contributed by atoms with E-state index in [9.17, 15) is 32.2 Å². The molecular formula is C22H18F5N3O2. The SMILES string of the molecule is C/C=C1/C[C@](O)(C(F)(F)F)[C@@H](Nc2ccc(F)c3nc(C)ncc23)c2ccc(F)c(O)c21. The molecule has 3 N–H and O–H groups in total. The van der Waals surface area contributed by atoms with Crippen molar-refractivity contribution < 1.29 is 32.2 Å². The highest BCUT2D eigenvalue weighted by atomic mass is 19.4. The van der Waals surface area contributed by atoms with Crippen LogP contribution in [0.1, 0.15) is 36.3 Å². The van der Waals surface area contributed by atoms with Crippen LogP contribution in [-0.4, -0.2) is 32.0 Å². The summed E-state index contributed by atoms with van der Waals surface area (Å²) in [6.07, 6.45) is -3.47. The molecule has 1 heterocycles. The number of aromatic nitrogens is 2. The molecular weight excluding hydrogens is 433 g/mol. The van der Waals surface area contributed by atoms with Crippen LogP contribution in [0.25, 0.3) is 16.5 Å². The lowest BCUT2D eigenvalue weighted by atomic mass is 9.72. The topological polar surface area (TPSA) is 78.3 Å². The van der Waals surface area contributed by atoms with Gasteiger partial charge in [-0.25, -0.2) is 18.7 Å². The third-order valence-corrected chi connectivity index (χ3v) is 5.69. The molecule has 0 radical (unpaired) electrons. The first kappa shape index (κ1) is 21.9. The molecule has 0 amide bonds. The Kier molecular flexibility index (Phi) is 5.08. The van der Waals surface area contributed by atoms with Crippen molar-refractivity contribution in [1.82, 2.24) is 9.97 Å². The lowest BCUT2D eigenvalue weighted by molar-refractivity contribution is -0.265. The van der Waals surface area contributed by atoms with Gasteiger partial charge in [0.25, 0.3) is 0 Å². The molecule has 32 heavy (non-hydrogen) atoms. The van der Waals surface area contributed by atoms with Crippen molar-refractivity contribution >= 4 is 22.2 Å². The van der Waals surface area contributed by atoms with Crippen molar-refractivity contribution in [2.24, 2.45) is 0 Å². The van der Waals surface area contributed by atoms with Crippen LogP contribution in [0.2, 0.25) is 0 Å². The second kappa shape index (κ2) is 7.40. The Labute approximate surface area is 179 Å². The van der Waals surface area contributed by atoms with E-state index in [4.69, 9.17) is 0 Å². The number of allylic oxidation sites excluding steroid dienone is 1. The predicted molar refractivity (Wildman–Crippen MR) is 108 cm³/mol. The van der Waals surface area contributed by atoms with Gasteiger partial charge >= 0.3 is 6.18 Å². The van der Waals surface area contributed by atoms with Crippen LogP contribution < -0.4 is 5.32 Å². The van der Waals surface area contributed by atoms with Gasteiger partial charge in [-0.15, -0.1) is 0 Å². The number of anilines is 1. The van der Waals surface area contributed by atoms with Gasteiger partial charge in [0.2, 0.25) is 0 Å². The minimum Gasteiger partial charge on any atom is -0.504 e. The molecule has 0 spiro atoms. The summed E-state index contributed by atoms with van der Waals surface area (Å²) < 4.78 is 70.8. The number of nitrogens with one attached hydrogen (secondary N) is 1. The second-order valence-corrected chi connectivity index (χ2v) is 7.62. The van der Waals surface area contributed by atoms with Crippen LogP contribution in [0.4, 0.5) is 27.6 Å². The van der Waals surface area contributed by atoms with Crippen LogP contribution in [0.3, 0.4) is 0 Å². The van der Waals surface area contributed by atoms with Crippen LogP contribution in [0, 0.1) is 18.6 Å².